The molecule has 106 valence electrons. The topological polar surface area (TPSA) is 55.1 Å². The minimum Gasteiger partial charge on any atom is -0.478 e. The Bertz CT molecular complexity index is 839. The molecule has 21 heavy (non-hydrogen) atoms. The molecule has 0 aliphatic heterocycles. The molecule has 0 spiro atoms. The number of aromatic nitrogens is 2. The van der Waals surface area contributed by atoms with Gasteiger partial charge in [0.05, 0.1) is 11.1 Å². The average Bonchev–Trinajstić information content (AvgIpc) is 2.85. The molecule has 1 heterocycles. The summed E-state index contributed by atoms with van der Waals surface area (Å²) in [4.78, 5) is 15.9. The van der Waals surface area contributed by atoms with Crippen molar-refractivity contribution in [2.45, 2.75) is 13.3 Å². The van der Waals surface area contributed by atoms with Crippen molar-refractivity contribution in [3.8, 4) is 5.69 Å². The predicted molar refractivity (Wildman–Crippen MR) is 85.1 cm³/mol. The van der Waals surface area contributed by atoms with Crippen LogP contribution in [0.15, 0.2) is 46.9 Å². The van der Waals surface area contributed by atoms with E-state index in [9.17, 15) is 9.90 Å². The Morgan fingerprint density at radius 1 is 1.29 bits per heavy atom. The fraction of sp³-hybridized carbons (Fsp3) is 0.125. The lowest BCUT2D eigenvalue weighted by molar-refractivity contribution is 0.0699. The van der Waals surface area contributed by atoms with Gasteiger partial charge in [-0.25, -0.2) is 9.78 Å². The lowest BCUT2D eigenvalue weighted by atomic mass is 10.2. The summed E-state index contributed by atoms with van der Waals surface area (Å²) >= 11 is 3.47. The summed E-state index contributed by atoms with van der Waals surface area (Å²) in [6.07, 6.45) is 0.722. The summed E-state index contributed by atoms with van der Waals surface area (Å²) in [5, 5.41) is 9.31. The first-order valence-corrected chi connectivity index (χ1v) is 7.40. The van der Waals surface area contributed by atoms with E-state index in [1.165, 1.54) is 0 Å². The van der Waals surface area contributed by atoms with Crippen LogP contribution in [0.1, 0.15) is 23.1 Å². The number of para-hydroxylation sites is 1. The molecule has 0 fully saturated rings. The minimum atomic E-state index is -0.956. The largest absolute Gasteiger partial charge is 0.478 e. The predicted octanol–water partition coefficient (Wildman–Crippen LogP) is 4.05. The number of fused-ring (bicyclic) bond motifs is 1. The second kappa shape index (κ2) is 5.33. The maximum Gasteiger partial charge on any atom is 0.337 e. The van der Waals surface area contributed by atoms with E-state index in [2.05, 4.69) is 20.9 Å². The van der Waals surface area contributed by atoms with Gasteiger partial charge in [-0.1, -0.05) is 35.0 Å². The zero-order valence-corrected chi connectivity index (χ0v) is 13.0. The maximum atomic E-state index is 11.4. The highest BCUT2D eigenvalue weighted by atomic mass is 79.9. The number of benzene rings is 2. The Morgan fingerprint density at radius 3 is 2.71 bits per heavy atom. The van der Waals surface area contributed by atoms with Gasteiger partial charge in [-0.3, -0.25) is 4.57 Å². The van der Waals surface area contributed by atoms with Gasteiger partial charge in [0.2, 0.25) is 0 Å². The standard InChI is InChI=1S/C16H13BrN2O2/c1-2-14-18-15-12(16(20)21)7-4-8-13(15)19(14)11-6-3-5-10(17)9-11/h3-9H,2H2,1H3,(H,20,21). The van der Waals surface area contributed by atoms with Crippen molar-refractivity contribution >= 4 is 32.9 Å². The Balaban J connectivity index is 2.36. The zero-order chi connectivity index (χ0) is 15.0. The first-order chi connectivity index (χ1) is 10.1. The summed E-state index contributed by atoms with van der Waals surface area (Å²) in [6, 6.07) is 13.1. The molecule has 0 radical (unpaired) electrons. The minimum absolute atomic E-state index is 0.232. The highest BCUT2D eigenvalue weighted by Gasteiger charge is 2.17. The Labute approximate surface area is 130 Å². The van der Waals surface area contributed by atoms with Gasteiger partial charge in [0, 0.05) is 16.6 Å². The van der Waals surface area contributed by atoms with Crippen molar-refractivity contribution in [2.24, 2.45) is 0 Å². The van der Waals surface area contributed by atoms with Gasteiger partial charge in [0.15, 0.2) is 0 Å². The number of carbonyl (C=O) groups is 1. The van der Waals surface area contributed by atoms with Crippen molar-refractivity contribution < 1.29 is 9.90 Å². The maximum absolute atomic E-state index is 11.4. The molecule has 4 nitrogen and oxygen atoms in total. The van der Waals surface area contributed by atoms with Crippen molar-refractivity contribution in [1.82, 2.24) is 9.55 Å². The van der Waals surface area contributed by atoms with Gasteiger partial charge < -0.3 is 5.11 Å². The van der Waals surface area contributed by atoms with Gasteiger partial charge >= 0.3 is 5.97 Å². The number of carboxylic acid groups (broad SMARTS) is 1. The van der Waals surface area contributed by atoms with Crippen molar-refractivity contribution in [3.63, 3.8) is 0 Å². The Morgan fingerprint density at radius 2 is 2.05 bits per heavy atom. The molecule has 1 N–H and O–H groups in total. The fourth-order valence-corrected chi connectivity index (χ4v) is 2.85. The van der Waals surface area contributed by atoms with E-state index < -0.39 is 5.97 Å². The van der Waals surface area contributed by atoms with Gasteiger partial charge in [0.1, 0.15) is 11.3 Å². The summed E-state index contributed by atoms with van der Waals surface area (Å²) in [5.74, 6) is -0.112. The number of hydrogen-bond donors (Lipinski definition) is 1. The first-order valence-electron chi connectivity index (χ1n) is 6.61. The van der Waals surface area contributed by atoms with E-state index in [1.54, 1.807) is 12.1 Å². The molecule has 0 bridgehead atoms. The monoisotopic (exact) mass is 344 g/mol. The number of imidazole rings is 1. The molecule has 0 unspecified atom stereocenters. The first kappa shape index (κ1) is 13.8. The number of nitrogens with zero attached hydrogens (tertiary/aromatic N) is 2. The molecule has 3 rings (SSSR count). The summed E-state index contributed by atoms with van der Waals surface area (Å²) in [6.45, 7) is 2.01. The number of hydrogen-bond acceptors (Lipinski definition) is 2. The van der Waals surface area contributed by atoms with Crippen LogP contribution in [0.4, 0.5) is 0 Å². The third-order valence-corrected chi connectivity index (χ3v) is 3.86. The highest BCUT2D eigenvalue weighted by molar-refractivity contribution is 9.10. The van der Waals surface area contributed by atoms with Crippen LogP contribution in [0.3, 0.4) is 0 Å². The van der Waals surface area contributed by atoms with Crippen LogP contribution >= 0.6 is 15.9 Å². The molecular weight excluding hydrogens is 332 g/mol. The van der Waals surface area contributed by atoms with Crippen LogP contribution in [0, 0.1) is 0 Å². The molecule has 0 aliphatic rings. The van der Waals surface area contributed by atoms with Gasteiger partial charge in [-0.2, -0.15) is 0 Å². The molecule has 0 atom stereocenters. The van der Waals surface area contributed by atoms with E-state index >= 15 is 0 Å². The second-order valence-corrected chi connectivity index (χ2v) is 5.59. The summed E-state index contributed by atoms with van der Waals surface area (Å²) in [7, 11) is 0. The van der Waals surface area contributed by atoms with Crippen LogP contribution in [0.5, 0.6) is 0 Å². The van der Waals surface area contributed by atoms with Gasteiger partial charge in [-0.15, -0.1) is 0 Å². The van der Waals surface area contributed by atoms with Gasteiger partial charge in [0.25, 0.3) is 0 Å². The van der Waals surface area contributed by atoms with Crippen LogP contribution in [0.2, 0.25) is 0 Å². The summed E-state index contributed by atoms with van der Waals surface area (Å²) < 4.78 is 2.98. The molecule has 0 aliphatic carbocycles. The number of rotatable bonds is 3. The Hall–Kier alpha value is -2.14. The molecule has 0 saturated heterocycles. The van der Waals surface area contributed by atoms with E-state index in [0.717, 1.165) is 27.9 Å². The normalized spacial score (nSPS) is 11.0. The summed E-state index contributed by atoms with van der Waals surface area (Å²) in [5.41, 5.74) is 2.54. The third kappa shape index (κ3) is 2.34. The van der Waals surface area contributed by atoms with E-state index in [-0.39, 0.29) is 5.56 Å². The van der Waals surface area contributed by atoms with Crippen molar-refractivity contribution in [3.05, 3.63) is 58.3 Å². The van der Waals surface area contributed by atoms with Crippen LogP contribution in [-0.2, 0) is 6.42 Å². The quantitative estimate of drug-likeness (QED) is 0.779. The SMILES string of the molecule is CCc1nc2c(C(=O)O)cccc2n1-c1cccc(Br)c1. The van der Waals surface area contributed by atoms with Crippen molar-refractivity contribution in [2.75, 3.05) is 0 Å². The number of aromatic carboxylic acids is 1. The Kier molecular flexibility index (Phi) is 3.51. The second-order valence-electron chi connectivity index (χ2n) is 4.68. The van der Waals surface area contributed by atoms with E-state index in [1.807, 2.05) is 41.8 Å². The molecule has 1 aromatic heterocycles. The lowest BCUT2D eigenvalue weighted by Gasteiger charge is -2.08. The molecule has 2 aromatic carbocycles. The van der Waals surface area contributed by atoms with Crippen LogP contribution in [0.25, 0.3) is 16.7 Å². The van der Waals surface area contributed by atoms with Gasteiger partial charge in [-0.05, 0) is 30.3 Å². The molecular formula is C16H13BrN2O2. The zero-order valence-electron chi connectivity index (χ0n) is 11.4. The van der Waals surface area contributed by atoms with Crippen LogP contribution < -0.4 is 0 Å². The fourth-order valence-electron chi connectivity index (χ4n) is 2.46. The van der Waals surface area contributed by atoms with E-state index in [0.29, 0.717) is 5.52 Å². The lowest BCUT2D eigenvalue weighted by Crippen LogP contribution is -2.00. The average molecular weight is 345 g/mol. The third-order valence-electron chi connectivity index (χ3n) is 3.37. The number of carboxylic acids is 1. The highest BCUT2D eigenvalue weighted by Crippen LogP contribution is 2.26. The molecule has 3 aromatic rings. The number of aryl methyl sites for hydroxylation is 1. The van der Waals surface area contributed by atoms with E-state index in [4.69, 9.17) is 0 Å². The van der Waals surface area contributed by atoms with Crippen LogP contribution in [-0.4, -0.2) is 20.6 Å². The smallest absolute Gasteiger partial charge is 0.337 e. The molecule has 0 amide bonds. The number of halogens is 1. The molecule has 5 heteroatoms. The van der Waals surface area contributed by atoms with Crippen molar-refractivity contribution in [1.29, 1.82) is 0 Å². The molecule has 0 saturated carbocycles.